The van der Waals surface area contributed by atoms with Crippen molar-refractivity contribution in [2.24, 2.45) is 13.0 Å². The fourth-order valence-corrected chi connectivity index (χ4v) is 3.65. The highest BCUT2D eigenvalue weighted by Crippen LogP contribution is 2.36. The van der Waals surface area contributed by atoms with Crippen LogP contribution in [0.15, 0.2) is 24.3 Å². The molecule has 1 aliphatic rings. The molecule has 0 radical (unpaired) electrons. The summed E-state index contributed by atoms with van der Waals surface area (Å²) < 4.78 is 1.71. The summed E-state index contributed by atoms with van der Waals surface area (Å²) in [6.45, 7) is 1.98. The van der Waals surface area contributed by atoms with E-state index in [1.54, 1.807) is 4.68 Å². The zero-order valence-corrected chi connectivity index (χ0v) is 13.3. The second-order valence-corrected chi connectivity index (χ2v) is 6.34. The number of fused-ring (bicyclic) bond motifs is 1. The Kier molecular flexibility index (Phi) is 4.05. The highest BCUT2D eigenvalue weighted by molar-refractivity contribution is 6.30. The van der Waals surface area contributed by atoms with Gasteiger partial charge in [0.05, 0.1) is 11.8 Å². The van der Waals surface area contributed by atoms with Gasteiger partial charge in [-0.25, -0.2) is 0 Å². The Balaban J connectivity index is 1.89. The first-order valence-corrected chi connectivity index (χ1v) is 7.89. The first-order chi connectivity index (χ1) is 10.1. The van der Waals surface area contributed by atoms with E-state index in [1.165, 1.54) is 5.56 Å². The Morgan fingerprint density at radius 2 is 2.14 bits per heavy atom. The molecule has 4 heteroatoms. The van der Waals surface area contributed by atoms with E-state index < -0.39 is 6.10 Å². The summed E-state index contributed by atoms with van der Waals surface area (Å²) >= 11 is 6.34. The molecule has 1 aromatic heterocycles. The Hall–Kier alpha value is -1.32. The molecule has 0 bridgehead atoms. The third-order valence-corrected chi connectivity index (χ3v) is 5.05. The highest BCUT2D eigenvalue weighted by atomic mass is 35.5. The molecule has 0 spiro atoms. The third kappa shape index (κ3) is 2.72. The van der Waals surface area contributed by atoms with Crippen LogP contribution in [0, 0.1) is 12.8 Å². The maximum atomic E-state index is 10.8. The fraction of sp³-hybridized carbons (Fsp3) is 0.471. The minimum absolute atomic E-state index is 0.203. The van der Waals surface area contributed by atoms with Crippen LogP contribution in [0.5, 0.6) is 0 Å². The van der Waals surface area contributed by atoms with Gasteiger partial charge in [0.1, 0.15) is 5.15 Å². The number of benzene rings is 1. The number of aliphatic hydroxyl groups excluding tert-OH is 1. The van der Waals surface area contributed by atoms with Crippen molar-refractivity contribution in [3.63, 3.8) is 0 Å². The minimum atomic E-state index is -0.417. The van der Waals surface area contributed by atoms with Crippen LogP contribution in [0.1, 0.15) is 41.3 Å². The normalized spacial score (nSPS) is 21.9. The molecule has 2 unspecified atom stereocenters. The summed E-state index contributed by atoms with van der Waals surface area (Å²) in [5, 5.41) is 15.8. The van der Waals surface area contributed by atoms with E-state index in [2.05, 4.69) is 17.2 Å². The van der Waals surface area contributed by atoms with Crippen LogP contribution in [0.3, 0.4) is 0 Å². The fourth-order valence-electron chi connectivity index (χ4n) is 3.40. The molecule has 0 fully saturated rings. The highest BCUT2D eigenvalue weighted by Gasteiger charge is 2.28. The lowest BCUT2D eigenvalue weighted by atomic mass is 9.88. The molecule has 112 valence electrons. The van der Waals surface area contributed by atoms with Crippen molar-refractivity contribution in [2.75, 3.05) is 0 Å². The van der Waals surface area contributed by atoms with Crippen LogP contribution < -0.4 is 0 Å². The quantitative estimate of drug-likeness (QED) is 0.861. The lowest BCUT2D eigenvalue weighted by molar-refractivity contribution is 0.105. The Labute approximate surface area is 130 Å². The van der Waals surface area contributed by atoms with E-state index in [0.717, 1.165) is 42.5 Å². The number of nitrogens with zero attached hydrogens (tertiary/aromatic N) is 2. The zero-order chi connectivity index (χ0) is 15.0. The standard InChI is InChI=1S/C17H21ClN2O/c1-11-15(17(18)20(2)19-11)10-13-8-5-7-12-6-3-4-9-14(12)16(13)21/h3-4,6,9,13,16,21H,5,7-8,10H2,1-2H3. The van der Waals surface area contributed by atoms with Crippen LogP contribution in [-0.2, 0) is 19.9 Å². The summed E-state index contributed by atoms with van der Waals surface area (Å²) in [6.07, 6.45) is 3.53. The molecule has 2 aromatic rings. The maximum absolute atomic E-state index is 10.8. The molecule has 1 N–H and O–H groups in total. The number of hydrogen-bond donors (Lipinski definition) is 1. The molecule has 3 rings (SSSR count). The molecule has 0 saturated carbocycles. The topological polar surface area (TPSA) is 38.0 Å². The summed E-state index contributed by atoms with van der Waals surface area (Å²) in [7, 11) is 1.86. The lowest BCUT2D eigenvalue weighted by Gasteiger charge is -2.22. The van der Waals surface area contributed by atoms with Crippen molar-refractivity contribution in [3.8, 4) is 0 Å². The SMILES string of the molecule is Cc1nn(C)c(Cl)c1CC1CCCc2ccccc2C1O. The predicted molar refractivity (Wildman–Crippen MR) is 84.5 cm³/mol. The average molecular weight is 305 g/mol. The number of aryl methyl sites for hydroxylation is 3. The van der Waals surface area contributed by atoms with Crippen molar-refractivity contribution in [1.29, 1.82) is 0 Å². The monoisotopic (exact) mass is 304 g/mol. The van der Waals surface area contributed by atoms with Gasteiger partial charge in [-0.2, -0.15) is 5.10 Å². The van der Waals surface area contributed by atoms with Gasteiger partial charge in [0.25, 0.3) is 0 Å². The summed E-state index contributed by atoms with van der Waals surface area (Å²) in [5.41, 5.74) is 4.40. The molecule has 1 aliphatic carbocycles. The van der Waals surface area contributed by atoms with E-state index in [9.17, 15) is 5.11 Å². The van der Waals surface area contributed by atoms with Gasteiger partial charge in [-0.05, 0) is 49.7 Å². The molecular formula is C17H21ClN2O. The van der Waals surface area contributed by atoms with E-state index >= 15 is 0 Å². The number of halogens is 1. The lowest BCUT2D eigenvalue weighted by Crippen LogP contribution is -2.15. The van der Waals surface area contributed by atoms with Crippen LogP contribution in [0.2, 0.25) is 5.15 Å². The zero-order valence-electron chi connectivity index (χ0n) is 12.5. The van der Waals surface area contributed by atoms with Gasteiger partial charge in [-0.15, -0.1) is 0 Å². The van der Waals surface area contributed by atoms with Crippen molar-refractivity contribution >= 4 is 11.6 Å². The molecule has 1 heterocycles. The van der Waals surface area contributed by atoms with Gasteiger partial charge >= 0.3 is 0 Å². The van der Waals surface area contributed by atoms with E-state index in [4.69, 9.17) is 11.6 Å². The minimum Gasteiger partial charge on any atom is -0.388 e. The van der Waals surface area contributed by atoms with Crippen LogP contribution in [0.25, 0.3) is 0 Å². The van der Waals surface area contributed by atoms with Crippen molar-refractivity contribution in [2.45, 2.75) is 38.7 Å². The first-order valence-electron chi connectivity index (χ1n) is 7.51. The van der Waals surface area contributed by atoms with Crippen LogP contribution >= 0.6 is 11.6 Å². The van der Waals surface area contributed by atoms with Crippen molar-refractivity contribution in [3.05, 3.63) is 51.8 Å². The maximum Gasteiger partial charge on any atom is 0.130 e. The van der Waals surface area contributed by atoms with Crippen LogP contribution in [0.4, 0.5) is 0 Å². The third-order valence-electron chi connectivity index (χ3n) is 4.58. The summed E-state index contributed by atoms with van der Waals surface area (Å²) in [5.74, 6) is 0.203. The van der Waals surface area contributed by atoms with Gasteiger partial charge in [0, 0.05) is 12.6 Å². The Morgan fingerprint density at radius 1 is 1.38 bits per heavy atom. The van der Waals surface area contributed by atoms with Gasteiger partial charge < -0.3 is 5.11 Å². The first kappa shape index (κ1) is 14.6. The van der Waals surface area contributed by atoms with Gasteiger partial charge in [-0.3, -0.25) is 4.68 Å². The van der Waals surface area contributed by atoms with Crippen molar-refractivity contribution < 1.29 is 5.11 Å². The number of aromatic nitrogens is 2. The second kappa shape index (κ2) is 5.82. The summed E-state index contributed by atoms with van der Waals surface area (Å²) in [4.78, 5) is 0. The molecule has 0 aliphatic heterocycles. The van der Waals surface area contributed by atoms with Gasteiger partial charge in [-0.1, -0.05) is 35.9 Å². The molecular weight excluding hydrogens is 284 g/mol. The number of hydrogen-bond acceptors (Lipinski definition) is 2. The molecule has 0 amide bonds. The van der Waals surface area contributed by atoms with E-state index in [-0.39, 0.29) is 5.92 Å². The molecule has 1 aromatic carbocycles. The van der Waals surface area contributed by atoms with Crippen LogP contribution in [-0.4, -0.2) is 14.9 Å². The average Bonchev–Trinajstić information content (AvgIpc) is 2.63. The largest absolute Gasteiger partial charge is 0.388 e. The molecule has 21 heavy (non-hydrogen) atoms. The Morgan fingerprint density at radius 3 is 2.86 bits per heavy atom. The molecule has 2 atom stereocenters. The predicted octanol–water partition coefficient (Wildman–Crippen LogP) is 3.61. The second-order valence-electron chi connectivity index (χ2n) is 5.98. The van der Waals surface area contributed by atoms with E-state index in [0.29, 0.717) is 5.15 Å². The Bertz CT molecular complexity index is 650. The summed E-state index contributed by atoms with van der Waals surface area (Å²) in [6, 6.07) is 8.24. The van der Waals surface area contributed by atoms with Crippen molar-refractivity contribution in [1.82, 2.24) is 9.78 Å². The molecule has 0 saturated heterocycles. The number of aliphatic hydroxyl groups is 1. The van der Waals surface area contributed by atoms with Gasteiger partial charge in [0.15, 0.2) is 0 Å². The van der Waals surface area contributed by atoms with E-state index in [1.807, 2.05) is 26.1 Å². The smallest absolute Gasteiger partial charge is 0.130 e. The molecule has 3 nitrogen and oxygen atoms in total. The van der Waals surface area contributed by atoms with Gasteiger partial charge in [0.2, 0.25) is 0 Å². The number of rotatable bonds is 2.